The number of benzene rings is 2. The van der Waals surface area contributed by atoms with Gasteiger partial charge in [0.2, 0.25) is 0 Å². The summed E-state index contributed by atoms with van der Waals surface area (Å²) in [5, 5.41) is 14.3. The Balaban J connectivity index is 1.94. The lowest BCUT2D eigenvalue weighted by Gasteiger charge is -2.18. The summed E-state index contributed by atoms with van der Waals surface area (Å²) in [7, 11) is 4.16. The third kappa shape index (κ3) is 3.11. The van der Waals surface area contributed by atoms with Crippen LogP contribution in [-0.2, 0) is 0 Å². The van der Waals surface area contributed by atoms with E-state index >= 15 is 0 Å². The van der Waals surface area contributed by atoms with Crippen molar-refractivity contribution in [2.75, 3.05) is 20.6 Å². The lowest BCUT2D eigenvalue weighted by atomic mass is 9.93. The Kier molecular flexibility index (Phi) is 4.73. The van der Waals surface area contributed by atoms with E-state index in [9.17, 15) is 9.90 Å². The number of nitrogens with one attached hydrogen (secondary N) is 1. The molecule has 5 heteroatoms. The van der Waals surface area contributed by atoms with Crippen LogP contribution in [0.5, 0.6) is 5.75 Å². The van der Waals surface area contributed by atoms with Crippen LogP contribution in [0.4, 0.5) is 0 Å². The molecule has 0 amide bonds. The molecule has 0 saturated carbocycles. The van der Waals surface area contributed by atoms with Gasteiger partial charge < -0.3 is 15.0 Å². The highest BCUT2D eigenvalue weighted by Gasteiger charge is 2.18. The SMILES string of the molecule is Cc1cc(O)c(-c2ccc(C(C)CN(C)C)cc2)c2c1[nH]c(=O)c1ccsc12. The Hall–Kier alpha value is -2.63. The van der Waals surface area contributed by atoms with Crippen LogP contribution in [0, 0.1) is 6.92 Å². The molecule has 2 heterocycles. The average Bonchev–Trinajstić information content (AvgIpc) is 3.13. The maximum absolute atomic E-state index is 12.4. The molecule has 0 aliphatic rings. The van der Waals surface area contributed by atoms with Crippen molar-refractivity contribution in [1.29, 1.82) is 0 Å². The van der Waals surface area contributed by atoms with Crippen LogP contribution < -0.4 is 5.56 Å². The first kappa shape index (κ1) is 18.7. The van der Waals surface area contributed by atoms with Gasteiger partial charge in [-0.15, -0.1) is 11.3 Å². The van der Waals surface area contributed by atoms with Gasteiger partial charge >= 0.3 is 0 Å². The van der Waals surface area contributed by atoms with Crippen LogP contribution in [0.3, 0.4) is 0 Å². The second-order valence-corrected chi connectivity index (χ2v) is 8.66. The van der Waals surface area contributed by atoms with Crippen LogP contribution in [-0.4, -0.2) is 35.6 Å². The zero-order valence-electron chi connectivity index (χ0n) is 16.5. The molecule has 0 aliphatic heterocycles. The number of likely N-dealkylation sites (N-methyl/N-ethyl adjacent to an activating group) is 1. The number of rotatable bonds is 4. The molecule has 0 radical (unpaired) electrons. The maximum atomic E-state index is 12.4. The van der Waals surface area contributed by atoms with Gasteiger partial charge in [-0.2, -0.15) is 0 Å². The summed E-state index contributed by atoms with van der Waals surface area (Å²) in [6.45, 7) is 5.11. The Bertz CT molecular complexity index is 1220. The number of aromatic hydroxyl groups is 1. The number of phenolic OH excluding ortho intramolecular Hbond substituents is 1. The summed E-state index contributed by atoms with van der Waals surface area (Å²) in [5.41, 5.74) is 4.55. The second kappa shape index (κ2) is 7.08. The zero-order valence-corrected chi connectivity index (χ0v) is 17.4. The highest BCUT2D eigenvalue weighted by molar-refractivity contribution is 7.18. The van der Waals surface area contributed by atoms with Crippen LogP contribution in [0.15, 0.2) is 46.6 Å². The Morgan fingerprint density at radius 1 is 1.18 bits per heavy atom. The molecule has 144 valence electrons. The minimum atomic E-state index is -0.0867. The second-order valence-electron chi connectivity index (χ2n) is 7.74. The molecule has 1 unspecified atom stereocenters. The highest BCUT2D eigenvalue weighted by Crippen LogP contribution is 2.41. The van der Waals surface area contributed by atoms with Crippen molar-refractivity contribution in [2.45, 2.75) is 19.8 Å². The van der Waals surface area contributed by atoms with Gasteiger partial charge in [0, 0.05) is 22.2 Å². The molecule has 4 nitrogen and oxygen atoms in total. The predicted molar refractivity (Wildman–Crippen MR) is 119 cm³/mol. The quantitative estimate of drug-likeness (QED) is 0.509. The molecule has 2 aromatic heterocycles. The molecular weight excluding hydrogens is 368 g/mol. The normalized spacial score (nSPS) is 12.9. The fourth-order valence-corrected chi connectivity index (χ4v) is 4.92. The summed E-state index contributed by atoms with van der Waals surface area (Å²) < 4.78 is 0.915. The van der Waals surface area contributed by atoms with Crippen molar-refractivity contribution >= 4 is 32.3 Å². The van der Waals surface area contributed by atoms with E-state index in [1.54, 1.807) is 6.07 Å². The van der Waals surface area contributed by atoms with Crippen LogP contribution >= 0.6 is 11.3 Å². The number of fused-ring (bicyclic) bond motifs is 3. The topological polar surface area (TPSA) is 56.3 Å². The van der Waals surface area contributed by atoms with E-state index in [0.717, 1.165) is 38.8 Å². The monoisotopic (exact) mass is 392 g/mol. The van der Waals surface area contributed by atoms with Crippen molar-refractivity contribution in [3.63, 3.8) is 0 Å². The van der Waals surface area contributed by atoms with Crippen LogP contribution in [0.1, 0.15) is 24.0 Å². The van der Waals surface area contributed by atoms with Crippen molar-refractivity contribution in [3.05, 3.63) is 63.3 Å². The van der Waals surface area contributed by atoms with E-state index in [-0.39, 0.29) is 11.3 Å². The fourth-order valence-electron chi connectivity index (χ4n) is 3.97. The van der Waals surface area contributed by atoms with Crippen LogP contribution in [0.25, 0.3) is 32.1 Å². The third-order valence-corrected chi connectivity index (χ3v) is 6.22. The molecule has 1 atom stereocenters. The molecule has 4 rings (SSSR count). The first-order valence-electron chi connectivity index (χ1n) is 9.37. The summed E-state index contributed by atoms with van der Waals surface area (Å²) in [5.74, 6) is 0.661. The van der Waals surface area contributed by atoms with Gasteiger partial charge in [-0.1, -0.05) is 31.2 Å². The number of nitrogens with zero attached hydrogens (tertiary/aromatic N) is 1. The van der Waals surface area contributed by atoms with Crippen LogP contribution in [0.2, 0.25) is 0 Å². The van der Waals surface area contributed by atoms with E-state index < -0.39 is 0 Å². The van der Waals surface area contributed by atoms with E-state index in [0.29, 0.717) is 11.3 Å². The summed E-state index contributed by atoms with van der Waals surface area (Å²) in [4.78, 5) is 17.6. The molecule has 0 spiro atoms. The largest absolute Gasteiger partial charge is 0.507 e. The lowest BCUT2D eigenvalue weighted by molar-refractivity contribution is 0.383. The van der Waals surface area contributed by atoms with E-state index in [2.05, 4.69) is 55.2 Å². The maximum Gasteiger partial charge on any atom is 0.257 e. The summed E-state index contributed by atoms with van der Waals surface area (Å²) in [6.07, 6.45) is 0. The zero-order chi connectivity index (χ0) is 20.0. The average molecular weight is 393 g/mol. The Labute approximate surface area is 168 Å². The van der Waals surface area contributed by atoms with Crippen molar-refractivity contribution in [1.82, 2.24) is 9.88 Å². The smallest absolute Gasteiger partial charge is 0.257 e. The molecule has 2 N–H and O–H groups in total. The van der Waals surface area contributed by atoms with Gasteiger partial charge in [0.1, 0.15) is 5.75 Å². The lowest BCUT2D eigenvalue weighted by Crippen LogP contribution is -2.18. The fraction of sp³-hybridized carbons (Fsp3) is 0.261. The molecule has 4 aromatic rings. The number of aromatic amines is 1. The van der Waals surface area contributed by atoms with Gasteiger partial charge in [0.25, 0.3) is 5.56 Å². The molecule has 0 saturated heterocycles. The van der Waals surface area contributed by atoms with Gasteiger partial charge in [-0.3, -0.25) is 4.79 Å². The molecule has 0 aliphatic carbocycles. The number of phenols is 1. The Morgan fingerprint density at radius 3 is 2.57 bits per heavy atom. The van der Waals surface area contributed by atoms with Crippen molar-refractivity contribution in [2.24, 2.45) is 0 Å². The highest BCUT2D eigenvalue weighted by atomic mass is 32.1. The Morgan fingerprint density at radius 2 is 1.89 bits per heavy atom. The van der Waals surface area contributed by atoms with E-state index in [1.165, 1.54) is 16.9 Å². The number of aromatic nitrogens is 1. The van der Waals surface area contributed by atoms with Crippen molar-refractivity contribution in [3.8, 4) is 16.9 Å². The van der Waals surface area contributed by atoms with Crippen molar-refractivity contribution < 1.29 is 5.11 Å². The number of H-pyrrole nitrogens is 1. The molecule has 28 heavy (non-hydrogen) atoms. The van der Waals surface area contributed by atoms with Gasteiger partial charge in [-0.05, 0) is 61.1 Å². The van der Waals surface area contributed by atoms with Gasteiger partial charge in [-0.25, -0.2) is 0 Å². The molecular formula is C23H24N2O2S. The minimum absolute atomic E-state index is 0.0867. The molecule has 0 fully saturated rings. The first-order chi connectivity index (χ1) is 13.4. The number of hydrogen-bond acceptors (Lipinski definition) is 4. The summed E-state index contributed by atoms with van der Waals surface area (Å²) >= 11 is 1.54. The molecule has 0 bridgehead atoms. The number of thiophene rings is 1. The van der Waals surface area contributed by atoms with E-state index in [4.69, 9.17) is 0 Å². The summed E-state index contributed by atoms with van der Waals surface area (Å²) in [6, 6.07) is 12.0. The van der Waals surface area contributed by atoms with Gasteiger partial charge in [0.05, 0.1) is 10.9 Å². The standard InChI is InChI=1S/C23H24N2O2S/c1-13-11-18(26)19(16-7-5-15(6-8-16)14(2)12-25(3)4)20-21(13)24-23(27)17-9-10-28-22(17)20/h5-11,14,26H,12H2,1-4H3,(H,24,27). The first-order valence-corrected chi connectivity index (χ1v) is 10.3. The minimum Gasteiger partial charge on any atom is -0.507 e. The number of pyridine rings is 1. The third-order valence-electron chi connectivity index (χ3n) is 5.29. The van der Waals surface area contributed by atoms with E-state index in [1.807, 2.05) is 18.4 Å². The number of aryl methyl sites for hydroxylation is 1. The van der Waals surface area contributed by atoms with Gasteiger partial charge in [0.15, 0.2) is 0 Å². The predicted octanol–water partition coefficient (Wildman–Crippen LogP) is 5.09. The number of hydrogen-bond donors (Lipinski definition) is 2. The molecule has 2 aromatic carbocycles.